The van der Waals surface area contributed by atoms with Crippen molar-refractivity contribution in [3.8, 4) is 17.2 Å². The smallest absolute Gasteiger partial charge is 0.231 e. The van der Waals surface area contributed by atoms with E-state index in [9.17, 15) is 4.79 Å². The van der Waals surface area contributed by atoms with Crippen molar-refractivity contribution < 1.29 is 19.0 Å². The van der Waals surface area contributed by atoms with Crippen molar-refractivity contribution in [2.24, 2.45) is 0 Å². The predicted molar refractivity (Wildman–Crippen MR) is 108 cm³/mol. The summed E-state index contributed by atoms with van der Waals surface area (Å²) in [5.41, 5.74) is 3.29. The van der Waals surface area contributed by atoms with Crippen LogP contribution < -0.4 is 14.2 Å². The molecule has 0 saturated heterocycles. The van der Waals surface area contributed by atoms with E-state index in [0.717, 1.165) is 51.1 Å². The minimum absolute atomic E-state index is 0.147. The third-order valence-corrected chi connectivity index (χ3v) is 5.54. The molecule has 3 aromatic carbocycles. The van der Waals surface area contributed by atoms with Crippen LogP contribution in [0.2, 0.25) is 0 Å². The molecule has 1 heterocycles. The lowest BCUT2D eigenvalue weighted by molar-refractivity contribution is -0.115. The number of ketones is 1. The number of carbonyl (C=O) groups is 1. The number of methoxy groups -OCH3 is 1. The van der Waals surface area contributed by atoms with Crippen molar-refractivity contribution in [1.82, 2.24) is 0 Å². The molecule has 0 radical (unpaired) electrons. The van der Waals surface area contributed by atoms with E-state index < -0.39 is 0 Å². The van der Waals surface area contributed by atoms with E-state index in [0.29, 0.717) is 6.42 Å². The highest BCUT2D eigenvalue weighted by molar-refractivity contribution is 6.00. The first-order valence-corrected chi connectivity index (χ1v) is 9.41. The Morgan fingerprint density at radius 1 is 0.893 bits per heavy atom. The molecule has 1 aliphatic heterocycles. The van der Waals surface area contributed by atoms with Gasteiger partial charge in [0.2, 0.25) is 6.79 Å². The van der Waals surface area contributed by atoms with Crippen LogP contribution in [0.5, 0.6) is 17.2 Å². The minimum Gasteiger partial charge on any atom is -0.497 e. The van der Waals surface area contributed by atoms with E-state index in [1.807, 2.05) is 30.3 Å². The molecule has 0 fully saturated rings. The second-order valence-electron chi connectivity index (χ2n) is 7.28. The van der Waals surface area contributed by atoms with Crippen molar-refractivity contribution in [2.45, 2.75) is 18.8 Å². The van der Waals surface area contributed by atoms with E-state index in [1.54, 1.807) is 13.2 Å². The molecule has 0 spiro atoms. The lowest BCUT2D eigenvalue weighted by Gasteiger charge is -2.23. The molecule has 0 N–H and O–H groups in total. The van der Waals surface area contributed by atoms with Crippen molar-refractivity contribution in [3.05, 3.63) is 71.8 Å². The van der Waals surface area contributed by atoms with Gasteiger partial charge in [0.15, 0.2) is 17.3 Å². The second kappa shape index (κ2) is 6.71. The summed E-state index contributed by atoms with van der Waals surface area (Å²) < 4.78 is 16.2. The van der Waals surface area contributed by atoms with Gasteiger partial charge >= 0.3 is 0 Å². The van der Waals surface area contributed by atoms with Crippen LogP contribution in [-0.4, -0.2) is 19.7 Å². The van der Waals surface area contributed by atoms with Crippen LogP contribution in [0.1, 0.15) is 29.9 Å². The molecule has 1 aliphatic carbocycles. The molecule has 0 bridgehead atoms. The highest BCUT2D eigenvalue weighted by atomic mass is 16.7. The van der Waals surface area contributed by atoms with Crippen LogP contribution in [0.25, 0.3) is 16.3 Å². The van der Waals surface area contributed by atoms with Gasteiger partial charge in [0.25, 0.3) is 0 Å². The van der Waals surface area contributed by atoms with Crippen molar-refractivity contribution >= 4 is 22.1 Å². The van der Waals surface area contributed by atoms with E-state index >= 15 is 0 Å². The van der Waals surface area contributed by atoms with Crippen LogP contribution >= 0.6 is 0 Å². The number of rotatable bonds is 3. The predicted octanol–water partition coefficient (Wildman–Crippen LogP) is 5.11. The number of carbonyl (C=O) groups excluding carboxylic acids is 1. The normalized spacial score (nSPS) is 18.2. The first-order valence-electron chi connectivity index (χ1n) is 9.41. The Labute approximate surface area is 163 Å². The van der Waals surface area contributed by atoms with Crippen LogP contribution in [0.3, 0.4) is 0 Å². The quantitative estimate of drug-likeness (QED) is 0.641. The van der Waals surface area contributed by atoms with Gasteiger partial charge in [-0.3, -0.25) is 4.79 Å². The number of hydrogen-bond donors (Lipinski definition) is 0. The molecule has 28 heavy (non-hydrogen) atoms. The summed E-state index contributed by atoms with van der Waals surface area (Å²) in [4.78, 5) is 12.5. The molecule has 0 unspecified atom stereocenters. The van der Waals surface area contributed by atoms with E-state index in [1.165, 1.54) is 0 Å². The summed E-state index contributed by atoms with van der Waals surface area (Å²) in [6, 6.07) is 18.3. The highest BCUT2D eigenvalue weighted by Crippen LogP contribution is 2.41. The maximum atomic E-state index is 12.5. The van der Waals surface area contributed by atoms with Crippen LogP contribution in [0.4, 0.5) is 0 Å². The van der Waals surface area contributed by atoms with Gasteiger partial charge in [-0.1, -0.05) is 24.3 Å². The average molecular weight is 372 g/mol. The average Bonchev–Trinajstić information content (AvgIpc) is 3.20. The molecule has 0 aromatic heterocycles. The molecule has 5 rings (SSSR count). The monoisotopic (exact) mass is 372 g/mol. The third-order valence-electron chi connectivity index (χ3n) is 5.54. The Bertz CT molecular complexity index is 1110. The van der Waals surface area contributed by atoms with Gasteiger partial charge in [-0.15, -0.1) is 0 Å². The van der Waals surface area contributed by atoms with Gasteiger partial charge < -0.3 is 14.2 Å². The fourth-order valence-corrected chi connectivity index (χ4v) is 4.05. The zero-order chi connectivity index (χ0) is 19.1. The molecular weight excluding hydrogens is 352 g/mol. The van der Waals surface area contributed by atoms with Gasteiger partial charge in [-0.25, -0.2) is 0 Å². The number of fused-ring (bicyclic) bond motifs is 2. The molecule has 0 saturated carbocycles. The van der Waals surface area contributed by atoms with Gasteiger partial charge in [-0.05, 0) is 76.2 Å². The molecule has 4 heteroatoms. The summed E-state index contributed by atoms with van der Waals surface area (Å²) in [6.07, 6.45) is 3.15. The fourth-order valence-electron chi connectivity index (χ4n) is 4.05. The molecular formula is C24H20O4. The maximum absolute atomic E-state index is 12.5. The summed E-state index contributed by atoms with van der Waals surface area (Å²) in [5, 5.41) is 2.26. The molecule has 3 aromatic rings. The van der Waals surface area contributed by atoms with Gasteiger partial charge in [0.05, 0.1) is 7.11 Å². The van der Waals surface area contributed by atoms with E-state index in [-0.39, 0.29) is 18.5 Å². The number of benzene rings is 3. The first-order chi connectivity index (χ1) is 13.7. The summed E-state index contributed by atoms with van der Waals surface area (Å²) >= 11 is 0. The molecule has 1 atom stereocenters. The molecule has 140 valence electrons. The third kappa shape index (κ3) is 3.01. The Balaban J connectivity index is 1.46. The first kappa shape index (κ1) is 16.9. The summed E-state index contributed by atoms with van der Waals surface area (Å²) in [6.45, 7) is 0.259. The standard InChI is InChI=1S/C24H20O4/c1-26-22-6-4-15-8-16(2-3-17(15)12-22)19-9-20(11-21(25)10-19)18-5-7-23-24(13-18)28-14-27-23/h2-8,10,12-13,20H,9,11,14H2,1H3/t20-/m1/s1. The van der Waals surface area contributed by atoms with E-state index in [2.05, 4.69) is 24.3 Å². The Hall–Kier alpha value is -3.27. The number of allylic oxidation sites excluding steroid dienone is 2. The Kier molecular flexibility index (Phi) is 4.05. The lowest BCUT2D eigenvalue weighted by atomic mass is 9.80. The number of ether oxygens (including phenoxy) is 3. The van der Waals surface area contributed by atoms with Crippen molar-refractivity contribution in [3.63, 3.8) is 0 Å². The fraction of sp³-hybridized carbons (Fsp3) is 0.208. The zero-order valence-corrected chi connectivity index (χ0v) is 15.6. The topological polar surface area (TPSA) is 44.8 Å². The second-order valence-corrected chi connectivity index (χ2v) is 7.28. The Morgan fingerprint density at radius 2 is 1.71 bits per heavy atom. The minimum atomic E-state index is 0.147. The van der Waals surface area contributed by atoms with E-state index in [4.69, 9.17) is 14.2 Å². The van der Waals surface area contributed by atoms with Crippen LogP contribution in [0, 0.1) is 0 Å². The van der Waals surface area contributed by atoms with Gasteiger partial charge in [0.1, 0.15) is 5.75 Å². The van der Waals surface area contributed by atoms with Crippen molar-refractivity contribution in [2.75, 3.05) is 13.9 Å². The summed E-state index contributed by atoms with van der Waals surface area (Å²) in [7, 11) is 1.67. The molecule has 2 aliphatic rings. The SMILES string of the molecule is COc1ccc2cc(C3=CC(=O)C[C@H](c4ccc5c(c4)OCO5)C3)ccc2c1. The Morgan fingerprint density at radius 3 is 2.61 bits per heavy atom. The highest BCUT2D eigenvalue weighted by Gasteiger charge is 2.25. The van der Waals surface area contributed by atoms with Crippen LogP contribution in [0.15, 0.2) is 60.7 Å². The molecule has 4 nitrogen and oxygen atoms in total. The number of hydrogen-bond acceptors (Lipinski definition) is 4. The van der Waals surface area contributed by atoms with Gasteiger partial charge in [0, 0.05) is 6.42 Å². The molecule has 0 amide bonds. The zero-order valence-electron chi connectivity index (χ0n) is 15.6. The largest absolute Gasteiger partial charge is 0.497 e. The summed E-state index contributed by atoms with van der Waals surface area (Å²) in [5.74, 6) is 2.69. The van der Waals surface area contributed by atoms with Crippen molar-refractivity contribution in [1.29, 1.82) is 0 Å². The lowest BCUT2D eigenvalue weighted by Crippen LogP contribution is -2.12. The van der Waals surface area contributed by atoms with Crippen LogP contribution in [-0.2, 0) is 4.79 Å². The maximum Gasteiger partial charge on any atom is 0.231 e. The van der Waals surface area contributed by atoms with Gasteiger partial charge in [-0.2, -0.15) is 0 Å².